The van der Waals surface area contributed by atoms with Crippen molar-refractivity contribution in [2.45, 2.75) is 38.8 Å². The fraction of sp³-hybridized carbons (Fsp3) is 0.857. The Labute approximate surface area is 120 Å². The van der Waals surface area contributed by atoms with Gasteiger partial charge in [0.1, 0.15) is 6.04 Å². The molecular weight excluding hydrogens is 258 g/mol. The molecular formula is C14H25N3O3. The minimum absolute atomic E-state index is 0.0227. The number of hydrogen-bond donors (Lipinski definition) is 2. The van der Waals surface area contributed by atoms with Crippen LogP contribution in [0.2, 0.25) is 0 Å². The highest BCUT2D eigenvalue weighted by molar-refractivity contribution is 5.89. The van der Waals surface area contributed by atoms with Crippen molar-refractivity contribution in [1.29, 1.82) is 0 Å². The van der Waals surface area contributed by atoms with Gasteiger partial charge in [-0.15, -0.1) is 0 Å². The molecule has 2 aliphatic heterocycles. The molecule has 114 valence electrons. The lowest BCUT2D eigenvalue weighted by molar-refractivity contribution is -0.139. The van der Waals surface area contributed by atoms with E-state index in [4.69, 9.17) is 4.74 Å². The molecule has 20 heavy (non-hydrogen) atoms. The summed E-state index contributed by atoms with van der Waals surface area (Å²) in [6, 6.07) is -0.640. The molecule has 2 saturated heterocycles. The zero-order valence-electron chi connectivity index (χ0n) is 12.4. The minimum atomic E-state index is -0.473. The van der Waals surface area contributed by atoms with Crippen LogP contribution in [0.3, 0.4) is 0 Å². The zero-order valence-corrected chi connectivity index (χ0v) is 12.4. The number of nitrogens with zero attached hydrogens (tertiary/aromatic N) is 1. The summed E-state index contributed by atoms with van der Waals surface area (Å²) in [4.78, 5) is 26.1. The van der Waals surface area contributed by atoms with Crippen LogP contribution in [0.15, 0.2) is 0 Å². The monoisotopic (exact) mass is 283 g/mol. The number of carbonyl (C=O) groups excluding carboxylic acids is 2. The number of carbonyl (C=O) groups is 2. The second kappa shape index (κ2) is 7.04. The summed E-state index contributed by atoms with van der Waals surface area (Å²) in [6.07, 6.45) is 1.94. The largest absolute Gasteiger partial charge is 0.378 e. The van der Waals surface area contributed by atoms with Gasteiger partial charge in [0, 0.05) is 13.1 Å². The average molecular weight is 283 g/mol. The summed E-state index contributed by atoms with van der Waals surface area (Å²) in [7, 11) is 0. The van der Waals surface area contributed by atoms with E-state index < -0.39 is 6.04 Å². The van der Waals surface area contributed by atoms with E-state index in [9.17, 15) is 9.59 Å². The number of nitrogens with one attached hydrogen (secondary N) is 2. The SMILES string of the molecule is CC1CCNC(C(=O)NC(C)C(=O)N2CCOCC2)C1. The van der Waals surface area contributed by atoms with Crippen LogP contribution in [0.5, 0.6) is 0 Å². The molecule has 0 aliphatic carbocycles. The molecule has 2 rings (SSSR count). The summed E-state index contributed by atoms with van der Waals surface area (Å²) in [5.41, 5.74) is 0. The van der Waals surface area contributed by atoms with Crippen LogP contribution < -0.4 is 10.6 Å². The van der Waals surface area contributed by atoms with E-state index >= 15 is 0 Å². The lowest BCUT2D eigenvalue weighted by atomic mass is 9.94. The van der Waals surface area contributed by atoms with Crippen molar-refractivity contribution in [1.82, 2.24) is 15.5 Å². The topological polar surface area (TPSA) is 70.7 Å². The third-order valence-electron chi connectivity index (χ3n) is 4.03. The number of morpholine rings is 1. The fourth-order valence-corrected chi connectivity index (χ4v) is 2.74. The van der Waals surface area contributed by atoms with E-state index in [0.717, 1.165) is 19.4 Å². The minimum Gasteiger partial charge on any atom is -0.378 e. The van der Waals surface area contributed by atoms with Crippen LogP contribution in [0.25, 0.3) is 0 Å². The van der Waals surface area contributed by atoms with Crippen molar-refractivity contribution in [2.75, 3.05) is 32.8 Å². The molecule has 0 saturated carbocycles. The molecule has 0 radical (unpaired) electrons. The fourth-order valence-electron chi connectivity index (χ4n) is 2.74. The van der Waals surface area contributed by atoms with Gasteiger partial charge in [-0.05, 0) is 32.2 Å². The van der Waals surface area contributed by atoms with Crippen LogP contribution in [-0.2, 0) is 14.3 Å². The molecule has 2 aliphatic rings. The van der Waals surface area contributed by atoms with E-state index in [1.165, 1.54) is 0 Å². The van der Waals surface area contributed by atoms with E-state index in [1.807, 2.05) is 0 Å². The maximum atomic E-state index is 12.2. The Morgan fingerprint density at radius 3 is 2.70 bits per heavy atom. The summed E-state index contributed by atoms with van der Waals surface area (Å²) < 4.78 is 5.23. The first-order valence-electron chi connectivity index (χ1n) is 7.48. The Hall–Kier alpha value is -1.14. The lowest BCUT2D eigenvalue weighted by Crippen LogP contribution is -2.55. The van der Waals surface area contributed by atoms with Crippen molar-refractivity contribution in [3.05, 3.63) is 0 Å². The highest BCUT2D eigenvalue weighted by atomic mass is 16.5. The molecule has 3 atom stereocenters. The van der Waals surface area contributed by atoms with Crippen LogP contribution in [0.4, 0.5) is 0 Å². The molecule has 0 aromatic rings. The van der Waals surface area contributed by atoms with Crippen molar-refractivity contribution in [3.8, 4) is 0 Å². The summed E-state index contributed by atoms with van der Waals surface area (Å²) >= 11 is 0. The molecule has 6 heteroatoms. The van der Waals surface area contributed by atoms with Crippen molar-refractivity contribution < 1.29 is 14.3 Å². The Kier molecular flexibility index (Phi) is 5.37. The van der Waals surface area contributed by atoms with Crippen LogP contribution in [0, 0.1) is 5.92 Å². The van der Waals surface area contributed by atoms with Gasteiger partial charge in [-0.25, -0.2) is 0 Å². The molecule has 6 nitrogen and oxygen atoms in total. The molecule has 2 N–H and O–H groups in total. The third kappa shape index (κ3) is 3.93. The van der Waals surface area contributed by atoms with Crippen molar-refractivity contribution >= 4 is 11.8 Å². The van der Waals surface area contributed by atoms with E-state index in [-0.39, 0.29) is 17.9 Å². The summed E-state index contributed by atoms with van der Waals surface area (Å²) in [6.45, 7) is 7.15. The molecule has 0 spiro atoms. The predicted molar refractivity (Wildman–Crippen MR) is 75.2 cm³/mol. The normalized spacial score (nSPS) is 28.8. The Balaban J connectivity index is 1.81. The molecule has 0 aromatic heterocycles. The smallest absolute Gasteiger partial charge is 0.245 e. The zero-order chi connectivity index (χ0) is 14.5. The van der Waals surface area contributed by atoms with Crippen LogP contribution >= 0.6 is 0 Å². The number of amides is 2. The van der Waals surface area contributed by atoms with Gasteiger partial charge in [-0.2, -0.15) is 0 Å². The van der Waals surface area contributed by atoms with Gasteiger partial charge >= 0.3 is 0 Å². The molecule has 2 fully saturated rings. The number of piperidine rings is 1. The Morgan fingerprint density at radius 2 is 2.05 bits per heavy atom. The molecule has 2 heterocycles. The Bertz CT molecular complexity index is 356. The molecule has 0 aromatic carbocycles. The summed E-state index contributed by atoms with van der Waals surface area (Å²) in [5, 5.41) is 6.05. The first-order chi connectivity index (χ1) is 9.58. The van der Waals surface area contributed by atoms with Crippen molar-refractivity contribution in [2.24, 2.45) is 5.92 Å². The Morgan fingerprint density at radius 1 is 1.35 bits per heavy atom. The van der Waals surface area contributed by atoms with Gasteiger partial charge < -0.3 is 20.3 Å². The third-order valence-corrected chi connectivity index (χ3v) is 4.03. The van der Waals surface area contributed by atoms with Gasteiger partial charge in [0.25, 0.3) is 0 Å². The standard InChI is InChI=1S/C14H25N3O3/c1-10-3-4-15-12(9-10)13(18)16-11(2)14(19)17-5-7-20-8-6-17/h10-12,15H,3-9H2,1-2H3,(H,16,18). The van der Waals surface area contributed by atoms with E-state index in [1.54, 1.807) is 11.8 Å². The maximum Gasteiger partial charge on any atom is 0.245 e. The molecule has 0 bridgehead atoms. The van der Waals surface area contributed by atoms with Gasteiger partial charge in [0.2, 0.25) is 11.8 Å². The van der Waals surface area contributed by atoms with Gasteiger partial charge in [-0.1, -0.05) is 6.92 Å². The van der Waals surface area contributed by atoms with Crippen LogP contribution in [0.1, 0.15) is 26.7 Å². The number of ether oxygens (including phenoxy) is 1. The first kappa shape index (κ1) is 15.3. The van der Waals surface area contributed by atoms with Gasteiger partial charge in [-0.3, -0.25) is 9.59 Å². The highest BCUT2D eigenvalue weighted by Crippen LogP contribution is 2.15. The second-order valence-corrected chi connectivity index (χ2v) is 5.80. The number of hydrogen-bond acceptors (Lipinski definition) is 4. The van der Waals surface area contributed by atoms with E-state index in [0.29, 0.717) is 32.2 Å². The molecule has 3 unspecified atom stereocenters. The van der Waals surface area contributed by atoms with Gasteiger partial charge in [0.05, 0.1) is 19.3 Å². The van der Waals surface area contributed by atoms with E-state index in [2.05, 4.69) is 17.6 Å². The maximum absolute atomic E-state index is 12.2. The van der Waals surface area contributed by atoms with Crippen LogP contribution in [-0.4, -0.2) is 61.6 Å². The summed E-state index contributed by atoms with van der Waals surface area (Å²) in [5.74, 6) is 0.466. The quantitative estimate of drug-likeness (QED) is 0.748. The van der Waals surface area contributed by atoms with Gasteiger partial charge in [0.15, 0.2) is 0 Å². The second-order valence-electron chi connectivity index (χ2n) is 5.80. The molecule has 2 amide bonds. The lowest BCUT2D eigenvalue weighted by Gasteiger charge is -2.31. The highest BCUT2D eigenvalue weighted by Gasteiger charge is 2.28. The van der Waals surface area contributed by atoms with Crippen molar-refractivity contribution in [3.63, 3.8) is 0 Å². The number of rotatable bonds is 3. The predicted octanol–water partition coefficient (Wildman–Crippen LogP) is -0.262. The average Bonchev–Trinajstić information content (AvgIpc) is 2.47. The first-order valence-corrected chi connectivity index (χ1v) is 7.48.